The molecule has 0 spiro atoms. The van der Waals surface area contributed by atoms with Gasteiger partial charge >= 0.3 is 0 Å². The lowest BCUT2D eigenvalue weighted by Crippen LogP contribution is -2.02. The summed E-state index contributed by atoms with van der Waals surface area (Å²) in [4.78, 5) is 10.9. The smallest absolute Gasteiger partial charge is 0.146 e. The molecule has 42 valence electrons. The van der Waals surface area contributed by atoms with Crippen molar-refractivity contribution in [3.63, 3.8) is 0 Å². The third-order valence-corrected chi connectivity index (χ3v) is 2.10. The van der Waals surface area contributed by atoms with Gasteiger partial charge in [0.05, 0.1) is 0 Å². The predicted octanol–water partition coefficient (Wildman–Crippen LogP) is 1.15. The maximum absolute atomic E-state index is 10.9. The first-order chi connectivity index (χ1) is 3.88. The predicted molar refractivity (Wildman–Crippen MR) is 30.4 cm³/mol. The van der Waals surface area contributed by atoms with E-state index in [-0.39, 0.29) is 0 Å². The Balaban J connectivity index is 2.39. The van der Waals surface area contributed by atoms with Gasteiger partial charge in [0.1, 0.15) is 5.78 Å². The van der Waals surface area contributed by atoms with E-state index in [1.54, 1.807) is 0 Å². The van der Waals surface area contributed by atoms with E-state index in [1.807, 2.05) is 0 Å². The Kier molecular flexibility index (Phi) is 0.655. The van der Waals surface area contributed by atoms with Crippen LogP contribution in [-0.4, -0.2) is 5.78 Å². The molecule has 2 bridgehead atoms. The average molecular weight is 108 g/mol. The Labute approximate surface area is 48.4 Å². The summed E-state index contributed by atoms with van der Waals surface area (Å²) in [5, 5.41) is 0. The van der Waals surface area contributed by atoms with Crippen molar-refractivity contribution in [2.45, 2.75) is 12.8 Å². The van der Waals surface area contributed by atoms with Gasteiger partial charge in [-0.25, -0.2) is 0 Å². The number of Topliss-reactive ketones (excluding diaryl/α,β-unsaturated/α-hetero) is 1. The molecule has 1 fully saturated rings. The van der Waals surface area contributed by atoms with E-state index in [0.29, 0.717) is 17.6 Å². The number of rotatable bonds is 0. The second kappa shape index (κ2) is 1.22. The number of allylic oxidation sites excluding steroid dienone is 2. The highest BCUT2D eigenvalue weighted by Gasteiger charge is 2.35. The zero-order valence-electron chi connectivity index (χ0n) is 4.63. The number of hydrogen-bond acceptors (Lipinski definition) is 1. The van der Waals surface area contributed by atoms with Gasteiger partial charge < -0.3 is 0 Å². The molecule has 0 radical (unpaired) electrons. The summed E-state index contributed by atoms with van der Waals surface area (Å²) < 4.78 is 0. The van der Waals surface area contributed by atoms with Crippen molar-refractivity contribution in [2.24, 2.45) is 11.8 Å². The summed E-state index contributed by atoms with van der Waals surface area (Å²) in [6, 6.07) is 0. The molecular formula is C7H8O. The topological polar surface area (TPSA) is 17.1 Å². The van der Waals surface area contributed by atoms with Crippen molar-refractivity contribution < 1.29 is 4.79 Å². The van der Waals surface area contributed by atoms with E-state index in [4.69, 9.17) is 0 Å². The molecule has 1 saturated carbocycles. The molecule has 0 aromatic heterocycles. The van der Waals surface area contributed by atoms with Gasteiger partial charge in [0, 0.05) is 11.8 Å². The van der Waals surface area contributed by atoms with Crippen LogP contribution in [0, 0.1) is 11.8 Å². The van der Waals surface area contributed by atoms with Crippen LogP contribution in [0.5, 0.6) is 0 Å². The number of hydrogen-bond donors (Lipinski definition) is 0. The van der Waals surface area contributed by atoms with Crippen LogP contribution in [-0.2, 0) is 4.79 Å². The summed E-state index contributed by atoms with van der Waals surface area (Å²) in [5.41, 5.74) is 0. The Bertz CT molecular complexity index is 142. The molecule has 2 unspecified atom stereocenters. The van der Waals surface area contributed by atoms with Gasteiger partial charge in [-0.15, -0.1) is 0 Å². The molecule has 0 heterocycles. The molecule has 1 heteroatoms. The molecule has 0 aromatic rings. The van der Waals surface area contributed by atoms with Gasteiger partial charge in [0.25, 0.3) is 0 Å². The third-order valence-electron chi connectivity index (χ3n) is 2.10. The zero-order valence-corrected chi connectivity index (χ0v) is 4.63. The zero-order chi connectivity index (χ0) is 5.56. The van der Waals surface area contributed by atoms with Crippen LogP contribution in [0.4, 0.5) is 0 Å². The van der Waals surface area contributed by atoms with E-state index in [0.717, 1.165) is 12.8 Å². The van der Waals surface area contributed by atoms with Gasteiger partial charge in [-0.1, -0.05) is 12.2 Å². The number of carbonyl (C=O) groups excluding carboxylic acids is 1. The number of carbonyl (C=O) groups is 1. The summed E-state index contributed by atoms with van der Waals surface area (Å²) in [6.45, 7) is 0. The highest BCUT2D eigenvalue weighted by molar-refractivity contribution is 5.91. The average Bonchev–Trinajstić information content (AvgIpc) is 2.29. The van der Waals surface area contributed by atoms with E-state index in [9.17, 15) is 4.79 Å². The van der Waals surface area contributed by atoms with Crippen molar-refractivity contribution in [3.8, 4) is 0 Å². The van der Waals surface area contributed by atoms with Gasteiger partial charge in [0.2, 0.25) is 0 Å². The first kappa shape index (κ1) is 4.30. The molecule has 2 aliphatic carbocycles. The highest BCUT2D eigenvalue weighted by atomic mass is 16.1. The van der Waals surface area contributed by atoms with E-state index < -0.39 is 0 Å². The van der Waals surface area contributed by atoms with E-state index >= 15 is 0 Å². The largest absolute Gasteiger partial charge is 0.298 e. The van der Waals surface area contributed by atoms with Crippen LogP contribution >= 0.6 is 0 Å². The summed E-state index contributed by atoms with van der Waals surface area (Å²) in [5.74, 6) is 1.10. The monoisotopic (exact) mass is 108 g/mol. The first-order valence-corrected chi connectivity index (χ1v) is 3.10. The van der Waals surface area contributed by atoms with Crippen LogP contribution in [0.1, 0.15) is 12.8 Å². The van der Waals surface area contributed by atoms with Crippen molar-refractivity contribution in [2.75, 3.05) is 0 Å². The van der Waals surface area contributed by atoms with Crippen molar-refractivity contribution in [1.29, 1.82) is 0 Å². The molecule has 0 amide bonds. The van der Waals surface area contributed by atoms with Crippen molar-refractivity contribution in [1.82, 2.24) is 0 Å². The fraction of sp³-hybridized carbons (Fsp3) is 0.571. The van der Waals surface area contributed by atoms with Gasteiger partial charge in [-0.3, -0.25) is 4.79 Å². The minimum absolute atomic E-state index is 0.319. The quantitative estimate of drug-likeness (QED) is 0.425. The van der Waals surface area contributed by atoms with Crippen LogP contribution in [0.2, 0.25) is 0 Å². The first-order valence-electron chi connectivity index (χ1n) is 3.10. The molecule has 2 aliphatic rings. The van der Waals surface area contributed by atoms with E-state index in [1.165, 1.54) is 0 Å². The summed E-state index contributed by atoms with van der Waals surface area (Å²) in [6.07, 6.45) is 6.33. The lowest BCUT2D eigenvalue weighted by Gasteiger charge is -1.94. The van der Waals surface area contributed by atoms with Gasteiger partial charge in [-0.2, -0.15) is 0 Å². The Morgan fingerprint density at radius 1 is 1.25 bits per heavy atom. The molecule has 0 aliphatic heterocycles. The van der Waals surface area contributed by atoms with Crippen LogP contribution < -0.4 is 0 Å². The van der Waals surface area contributed by atoms with Crippen molar-refractivity contribution in [3.05, 3.63) is 12.2 Å². The van der Waals surface area contributed by atoms with Crippen LogP contribution in [0.3, 0.4) is 0 Å². The second-order valence-corrected chi connectivity index (χ2v) is 2.58. The van der Waals surface area contributed by atoms with Crippen LogP contribution in [0.25, 0.3) is 0 Å². The summed E-state index contributed by atoms with van der Waals surface area (Å²) in [7, 11) is 0. The third kappa shape index (κ3) is 0.347. The van der Waals surface area contributed by atoms with Crippen molar-refractivity contribution >= 4 is 5.78 Å². The Hall–Kier alpha value is -0.590. The SMILES string of the molecule is O=C1C2C=CC1CC2. The molecule has 2 rings (SSSR count). The molecular weight excluding hydrogens is 100 g/mol. The molecule has 0 N–H and O–H groups in total. The standard InChI is InChI=1S/C7H8O/c8-7-5-1-2-6(7)4-3-5/h1-2,5-6H,3-4H2. The molecule has 0 saturated heterocycles. The molecule has 8 heavy (non-hydrogen) atoms. The fourth-order valence-electron chi connectivity index (χ4n) is 1.57. The second-order valence-electron chi connectivity index (χ2n) is 2.58. The molecule has 1 nitrogen and oxygen atoms in total. The number of ketones is 1. The Morgan fingerprint density at radius 3 is 1.88 bits per heavy atom. The minimum atomic E-state index is 0.319. The minimum Gasteiger partial charge on any atom is -0.298 e. The molecule has 0 aromatic carbocycles. The lowest BCUT2D eigenvalue weighted by molar-refractivity contribution is -0.120. The maximum atomic E-state index is 10.9. The number of fused-ring (bicyclic) bond motifs is 2. The fourth-order valence-corrected chi connectivity index (χ4v) is 1.57. The summed E-state index contributed by atoms with van der Waals surface area (Å²) >= 11 is 0. The van der Waals surface area contributed by atoms with Gasteiger partial charge in [-0.05, 0) is 12.8 Å². The maximum Gasteiger partial charge on any atom is 0.146 e. The molecule has 2 atom stereocenters. The Morgan fingerprint density at radius 2 is 1.75 bits per heavy atom. The van der Waals surface area contributed by atoms with Crippen LogP contribution in [0.15, 0.2) is 12.2 Å². The normalized spacial score (nSPS) is 41.8. The van der Waals surface area contributed by atoms with Gasteiger partial charge in [0.15, 0.2) is 0 Å². The highest BCUT2D eigenvalue weighted by Crippen LogP contribution is 2.34. The van der Waals surface area contributed by atoms with E-state index in [2.05, 4.69) is 12.2 Å². The lowest BCUT2D eigenvalue weighted by atomic mass is 10.1.